The number of nitrogen functional groups attached to an aromatic ring is 1. The maximum atomic E-state index is 13.4. The lowest BCUT2D eigenvalue weighted by Crippen LogP contribution is -2.44. The van der Waals surface area contributed by atoms with Gasteiger partial charge in [0, 0.05) is 48.9 Å². The molecule has 3 rings (SSSR count). The number of rotatable bonds is 3. The average molecular weight is 409 g/mol. The quantitative estimate of drug-likeness (QED) is 0.529. The molecule has 2 aromatic rings. The van der Waals surface area contributed by atoms with Crippen molar-refractivity contribution < 1.29 is 13.2 Å². The molecule has 0 bridgehead atoms. The van der Waals surface area contributed by atoms with E-state index in [2.05, 4.69) is 15.5 Å². The van der Waals surface area contributed by atoms with Crippen LogP contribution in [0.3, 0.4) is 0 Å². The Labute approximate surface area is 167 Å². The minimum Gasteiger partial charge on any atom is -0.399 e. The van der Waals surface area contributed by atoms with Crippen molar-refractivity contribution >= 4 is 40.1 Å². The second-order valence-electron chi connectivity index (χ2n) is 6.76. The number of anilines is 4. The zero-order valence-corrected chi connectivity index (χ0v) is 16.2. The zero-order valence-electron chi connectivity index (χ0n) is 15.4. The van der Waals surface area contributed by atoms with Crippen molar-refractivity contribution in [2.24, 2.45) is 0 Å². The third-order valence-corrected chi connectivity index (χ3v) is 4.74. The van der Waals surface area contributed by atoms with Gasteiger partial charge in [-0.3, -0.25) is 0 Å². The highest BCUT2D eigenvalue weighted by Gasteiger charge is 2.32. The first-order valence-corrected chi connectivity index (χ1v) is 9.21. The van der Waals surface area contributed by atoms with Gasteiger partial charge in [-0.15, -0.1) is 0 Å². The zero-order chi connectivity index (χ0) is 20.3. The Balaban J connectivity index is 1.79. The highest BCUT2D eigenvalue weighted by atomic mass is 32.1. The number of thiocarbonyl (C=S) groups is 1. The van der Waals surface area contributed by atoms with E-state index in [0.717, 1.165) is 19.2 Å². The number of nitrogens with one attached hydrogen (secondary N) is 2. The van der Waals surface area contributed by atoms with Crippen molar-refractivity contribution in [1.82, 2.24) is 4.90 Å². The average Bonchev–Trinajstić information content (AvgIpc) is 2.63. The molecular weight excluding hydrogens is 387 g/mol. The number of nitrogens with zero attached hydrogens (tertiary/aromatic N) is 2. The molecule has 0 unspecified atom stereocenters. The lowest BCUT2D eigenvalue weighted by molar-refractivity contribution is -0.137. The van der Waals surface area contributed by atoms with Crippen LogP contribution in [-0.2, 0) is 6.18 Å². The van der Waals surface area contributed by atoms with Gasteiger partial charge in [0.25, 0.3) is 0 Å². The molecule has 0 aliphatic carbocycles. The number of halogens is 3. The fraction of sp³-hybridized carbons (Fsp3) is 0.316. The molecule has 9 heteroatoms. The molecule has 2 aromatic carbocycles. The van der Waals surface area contributed by atoms with Crippen LogP contribution in [0.5, 0.6) is 0 Å². The molecule has 1 aliphatic rings. The first-order chi connectivity index (χ1) is 13.2. The lowest BCUT2D eigenvalue weighted by Gasteiger charge is -2.34. The molecular formula is C19H22F3N5S. The molecule has 1 saturated heterocycles. The molecule has 1 aliphatic heterocycles. The van der Waals surface area contributed by atoms with E-state index in [0.29, 0.717) is 30.2 Å². The van der Waals surface area contributed by atoms with Gasteiger partial charge in [-0.1, -0.05) is 0 Å². The van der Waals surface area contributed by atoms with E-state index in [9.17, 15) is 13.2 Å². The Morgan fingerprint density at radius 2 is 1.57 bits per heavy atom. The van der Waals surface area contributed by atoms with Gasteiger partial charge < -0.3 is 26.2 Å². The van der Waals surface area contributed by atoms with Gasteiger partial charge in [0.2, 0.25) is 0 Å². The van der Waals surface area contributed by atoms with Gasteiger partial charge in [-0.25, -0.2) is 0 Å². The van der Waals surface area contributed by atoms with Gasteiger partial charge in [0.05, 0.1) is 5.56 Å². The molecule has 5 nitrogen and oxygen atoms in total. The largest absolute Gasteiger partial charge is 0.416 e. The molecule has 0 atom stereocenters. The molecule has 0 amide bonds. The van der Waals surface area contributed by atoms with Crippen LogP contribution < -0.4 is 21.3 Å². The van der Waals surface area contributed by atoms with Crippen molar-refractivity contribution in [3.63, 3.8) is 0 Å². The summed E-state index contributed by atoms with van der Waals surface area (Å²) in [5.74, 6) is 0. The predicted molar refractivity (Wildman–Crippen MR) is 112 cm³/mol. The highest BCUT2D eigenvalue weighted by Crippen LogP contribution is 2.35. The third kappa shape index (κ3) is 5.26. The first-order valence-electron chi connectivity index (χ1n) is 8.80. The highest BCUT2D eigenvalue weighted by molar-refractivity contribution is 7.80. The second kappa shape index (κ2) is 8.24. The maximum absolute atomic E-state index is 13.4. The maximum Gasteiger partial charge on any atom is 0.416 e. The van der Waals surface area contributed by atoms with E-state index in [-0.39, 0.29) is 10.8 Å². The van der Waals surface area contributed by atoms with Crippen LogP contribution in [-0.4, -0.2) is 43.2 Å². The minimum absolute atomic E-state index is 0.202. The Kier molecular flexibility index (Phi) is 5.95. The smallest absolute Gasteiger partial charge is 0.399 e. The van der Waals surface area contributed by atoms with Crippen molar-refractivity contribution in [1.29, 1.82) is 0 Å². The van der Waals surface area contributed by atoms with Gasteiger partial charge in [0.15, 0.2) is 5.11 Å². The molecule has 0 saturated carbocycles. The summed E-state index contributed by atoms with van der Waals surface area (Å²) >= 11 is 5.25. The molecule has 0 radical (unpaired) electrons. The second-order valence-corrected chi connectivity index (χ2v) is 7.17. The monoisotopic (exact) mass is 409 g/mol. The Hall–Kier alpha value is -2.52. The van der Waals surface area contributed by atoms with Gasteiger partial charge >= 0.3 is 6.18 Å². The molecule has 1 fully saturated rings. The number of benzene rings is 2. The summed E-state index contributed by atoms with van der Waals surface area (Å²) in [6.07, 6.45) is -4.44. The van der Waals surface area contributed by atoms with Crippen LogP contribution in [0.1, 0.15) is 5.56 Å². The molecule has 150 valence electrons. The molecule has 0 spiro atoms. The number of hydrogen-bond acceptors (Lipinski definition) is 4. The van der Waals surface area contributed by atoms with Crippen molar-refractivity contribution in [2.75, 3.05) is 54.5 Å². The van der Waals surface area contributed by atoms with Crippen LogP contribution in [0, 0.1) is 0 Å². The Morgan fingerprint density at radius 3 is 2.18 bits per heavy atom. The topological polar surface area (TPSA) is 56.6 Å². The van der Waals surface area contributed by atoms with E-state index < -0.39 is 11.7 Å². The van der Waals surface area contributed by atoms with Crippen LogP contribution in [0.4, 0.5) is 35.9 Å². The van der Waals surface area contributed by atoms with Gasteiger partial charge in [0.1, 0.15) is 0 Å². The van der Waals surface area contributed by atoms with Crippen molar-refractivity contribution in [3.8, 4) is 0 Å². The SMILES string of the molecule is CN1CCN(c2cc(NC(=S)Nc3ccc(N)cc3)cc(C(F)(F)F)c2)CC1. The summed E-state index contributed by atoms with van der Waals surface area (Å²) < 4.78 is 40.2. The standard InChI is InChI=1S/C19H22F3N5S/c1-26-6-8-27(9-7-26)17-11-13(19(20,21)22)10-16(12-17)25-18(28)24-15-4-2-14(23)3-5-15/h2-5,10-12H,6-9,23H2,1H3,(H2,24,25,28). The Bertz CT molecular complexity index is 830. The third-order valence-electron chi connectivity index (χ3n) is 4.54. The summed E-state index contributed by atoms with van der Waals surface area (Å²) in [6.45, 7) is 2.95. The molecule has 4 N–H and O–H groups in total. The summed E-state index contributed by atoms with van der Waals surface area (Å²) in [6, 6.07) is 10.8. The number of alkyl halides is 3. The first kappa shape index (κ1) is 20.2. The summed E-state index contributed by atoms with van der Waals surface area (Å²) in [7, 11) is 2.00. The lowest BCUT2D eigenvalue weighted by atomic mass is 10.1. The van der Waals surface area contributed by atoms with Crippen LogP contribution in [0.15, 0.2) is 42.5 Å². The van der Waals surface area contributed by atoms with E-state index in [4.69, 9.17) is 18.0 Å². The van der Waals surface area contributed by atoms with E-state index in [1.54, 1.807) is 30.3 Å². The van der Waals surface area contributed by atoms with Gasteiger partial charge in [-0.2, -0.15) is 13.2 Å². The number of likely N-dealkylation sites (N-methyl/N-ethyl adjacent to an activating group) is 1. The number of nitrogens with two attached hydrogens (primary N) is 1. The van der Waals surface area contributed by atoms with Crippen LogP contribution >= 0.6 is 12.2 Å². The summed E-state index contributed by atoms with van der Waals surface area (Å²) in [4.78, 5) is 4.10. The predicted octanol–water partition coefficient (Wildman–Crippen LogP) is 3.85. The molecule has 1 heterocycles. The van der Waals surface area contributed by atoms with E-state index in [1.807, 2.05) is 11.9 Å². The van der Waals surface area contributed by atoms with E-state index >= 15 is 0 Å². The van der Waals surface area contributed by atoms with Crippen LogP contribution in [0.25, 0.3) is 0 Å². The minimum atomic E-state index is -4.44. The van der Waals surface area contributed by atoms with Crippen molar-refractivity contribution in [3.05, 3.63) is 48.0 Å². The van der Waals surface area contributed by atoms with Gasteiger partial charge in [-0.05, 0) is 61.7 Å². The van der Waals surface area contributed by atoms with Crippen molar-refractivity contribution in [2.45, 2.75) is 6.18 Å². The van der Waals surface area contributed by atoms with Crippen LogP contribution in [0.2, 0.25) is 0 Å². The fourth-order valence-corrected chi connectivity index (χ4v) is 3.19. The summed E-state index contributed by atoms with van der Waals surface area (Å²) in [5, 5.41) is 6.00. The fourth-order valence-electron chi connectivity index (χ4n) is 2.95. The number of hydrogen-bond donors (Lipinski definition) is 3. The Morgan fingerprint density at radius 1 is 0.964 bits per heavy atom. The normalized spacial score (nSPS) is 15.4. The molecule has 0 aromatic heterocycles. The number of piperazine rings is 1. The summed E-state index contributed by atoms with van der Waals surface area (Å²) in [5.41, 5.74) is 7.06. The van der Waals surface area contributed by atoms with E-state index in [1.165, 1.54) is 6.07 Å². The molecule has 28 heavy (non-hydrogen) atoms.